The zero-order valence-electron chi connectivity index (χ0n) is 10.5. The number of nitrogens with zero attached hydrogens (tertiary/aromatic N) is 1. The predicted molar refractivity (Wildman–Crippen MR) is 73.6 cm³/mol. The topological polar surface area (TPSA) is 23.5 Å². The maximum absolute atomic E-state index is 10.3. The van der Waals surface area contributed by atoms with Crippen molar-refractivity contribution in [1.29, 1.82) is 0 Å². The molecule has 92 valence electrons. The molecule has 1 aliphatic rings. The van der Waals surface area contributed by atoms with Gasteiger partial charge in [-0.05, 0) is 11.6 Å². The molecule has 0 saturated carbocycles. The predicted octanol–water partition coefficient (Wildman–Crippen LogP) is 3.30. The van der Waals surface area contributed by atoms with E-state index in [4.69, 9.17) is 0 Å². The Morgan fingerprint density at radius 2 is 1.67 bits per heavy atom. The third-order valence-electron chi connectivity index (χ3n) is 3.77. The molecule has 2 unspecified atom stereocenters. The molecule has 1 aliphatic heterocycles. The lowest BCUT2D eigenvalue weighted by atomic mass is 9.90. The van der Waals surface area contributed by atoms with Crippen molar-refractivity contribution in [3.63, 3.8) is 0 Å². The Kier molecular flexibility index (Phi) is 2.80. The van der Waals surface area contributed by atoms with Crippen LogP contribution in [0.25, 0.3) is 0 Å². The van der Waals surface area contributed by atoms with Gasteiger partial charge in [-0.25, -0.2) is 0 Å². The molecule has 0 radical (unpaired) electrons. The van der Waals surface area contributed by atoms with Gasteiger partial charge in [-0.1, -0.05) is 48.5 Å². The highest BCUT2D eigenvalue weighted by atomic mass is 16.3. The lowest BCUT2D eigenvalue weighted by molar-refractivity contribution is 0.150. The van der Waals surface area contributed by atoms with E-state index in [-0.39, 0.29) is 12.1 Å². The van der Waals surface area contributed by atoms with Gasteiger partial charge in [0.15, 0.2) is 0 Å². The van der Waals surface area contributed by atoms with E-state index in [9.17, 15) is 5.11 Å². The number of para-hydroxylation sites is 1. The quantitative estimate of drug-likeness (QED) is 0.825. The Morgan fingerprint density at radius 3 is 2.44 bits per heavy atom. The lowest BCUT2D eigenvalue weighted by Crippen LogP contribution is -2.31. The summed E-state index contributed by atoms with van der Waals surface area (Å²) in [6.07, 6.45) is 0.375. The van der Waals surface area contributed by atoms with Crippen LogP contribution in [0.15, 0.2) is 54.6 Å². The van der Waals surface area contributed by atoms with E-state index < -0.39 is 0 Å². The van der Waals surface area contributed by atoms with Crippen molar-refractivity contribution in [2.24, 2.45) is 0 Å². The van der Waals surface area contributed by atoms with Gasteiger partial charge in [0.25, 0.3) is 0 Å². The van der Waals surface area contributed by atoms with Crippen molar-refractivity contribution in [3.8, 4) is 0 Å². The number of aliphatic hydroxyl groups is 1. The summed E-state index contributed by atoms with van der Waals surface area (Å²) in [4.78, 5) is 2.26. The minimum absolute atomic E-state index is 0.246. The van der Waals surface area contributed by atoms with Gasteiger partial charge >= 0.3 is 0 Å². The summed E-state index contributed by atoms with van der Waals surface area (Å²) < 4.78 is 0. The fourth-order valence-corrected chi connectivity index (χ4v) is 2.79. The zero-order chi connectivity index (χ0) is 12.5. The summed E-state index contributed by atoms with van der Waals surface area (Å²) >= 11 is 0. The van der Waals surface area contributed by atoms with Crippen LogP contribution < -0.4 is 4.90 Å². The SMILES string of the molecule is CN1c2ccccc2C(O)CC1c1ccccc1. The molecule has 2 heteroatoms. The molecule has 1 heterocycles. The Labute approximate surface area is 107 Å². The number of hydrogen-bond donors (Lipinski definition) is 1. The largest absolute Gasteiger partial charge is 0.388 e. The van der Waals surface area contributed by atoms with Gasteiger partial charge in [-0.15, -0.1) is 0 Å². The minimum Gasteiger partial charge on any atom is -0.388 e. The molecule has 3 rings (SSSR count). The molecule has 2 aromatic rings. The highest BCUT2D eigenvalue weighted by Gasteiger charge is 2.29. The summed E-state index contributed by atoms with van der Waals surface area (Å²) in [7, 11) is 2.10. The first-order chi connectivity index (χ1) is 8.77. The average molecular weight is 239 g/mol. The summed E-state index contributed by atoms with van der Waals surface area (Å²) in [5, 5.41) is 10.3. The van der Waals surface area contributed by atoms with Crippen molar-refractivity contribution in [1.82, 2.24) is 0 Å². The second kappa shape index (κ2) is 4.46. The summed E-state index contributed by atoms with van der Waals surface area (Å²) in [5.41, 5.74) is 3.42. The third kappa shape index (κ3) is 1.79. The molecule has 0 aliphatic carbocycles. The second-order valence-electron chi connectivity index (χ2n) is 4.85. The minimum atomic E-state index is -0.373. The Balaban J connectivity index is 2.02. The van der Waals surface area contributed by atoms with Gasteiger partial charge in [0.1, 0.15) is 0 Å². The van der Waals surface area contributed by atoms with Crippen molar-refractivity contribution in [3.05, 3.63) is 65.7 Å². The molecule has 0 aromatic heterocycles. The molecule has 1 N–H and O–H groups in total. The molecule has 0 spiro atoms. The van der Waals surface area contributed by atoms with Crippen LogP contribution in [0, 0.1) is 0 Å². The molecule has 18 heavy (non-hydrogen) atoms. The number of benzene rings is 2. The van der Waals surface area contributed by atoms with Gasteiger partial charge in [-0.2, -0.15) is 0 Å². The van der Waals surface area contributed by atoms with Gasteiger partial charge in [0, 0.05) is 24.7 Å². The van der Waals surface area contributed by atoms with Crippen molar-refractivity contribution in [2.45, 2.75) is 18.6 Å². The molecule has 2 nitrogen and oxygen atoms in total. The van der Waals surface area contributed by atoms with Crippen LogP contribution in [0.2, 0.25) is 0 Å². The van der Waals surface area contributed by atoms with Crippen LogP contribution in [0.3, 0.4) is 0 Å². The van der Waals surface area contributed by atoms with E-state index in [1.165, 1.54) is 5.56 Å². The second-order valence-corrected chi connectivity index (χ2v) is 4.85. The molecule has 2 atom stereocenters. The molecule has 0 amide bonds. The smallest absolute Gasteiger partial charge is 0.0833 e. The molecule has 0 saturated heterocycles. The average Bonchev–Trinajstić information content (AvgIpc) is 2.44. The third-order valence-corrected chi connectivity index (χ3v) is 3.77. The molecular weight excluding hydrogens is 222 g/mol. The fourth-order valence-electron chi connectivity index (χ4n) is 2.79. The Bertz CT molecular complexity index is 538. The zero-order valence-corrected chi connectivity index (χ0v) is 10.5. The number of rotatable bonds is 1. The van der Waals surface area contributed by atoms with Crippen LogP contribution in [0.5, 0.6) is 0 Å². The first-order valence-electron chi connectivity index (χ1n) is 6.32. The number of aliphatic hydroxyl groups excluding tert-OH is 1. The van der Waals surface area contributed by atoms with Crippen LogP contribution in [0.1, 0.15) is 29.7 Å². The number of anilines is 1. The monoisotopic (exact) mass is 239 g/mol. The normalized spacial score (nSPS) is 22.7. The van der Waals surface area contributed by atoms with E-state index in [1.54, 1.807) is 0 Å². The van der Waals surface area contributed by atoms with E-state index in [0.717, 1.165) is 17.7 Å². The summed E-state index contributed by atoms with van der Waals surface area (Å²) in [6.45, 7) is 0. The number of fused-ring (bicyclic) bond motifs is 1. The van der Waals surface area contributed by atoms with Gasteiger partial charge in [0.2, 0.25) is 0 Å². The first kappa shape index (κ1) is 11.3. The standard InChI is InChI=1S/C16H17NO/c1-17-14-10-6-5-9-13(14)16(18)11-15(17)12-7-3-2-4-8-12/h2-10,15-16,18H,11H2,1H3. The molecule has 2 aromatic carbocycles. The van der Waals surface area contributed by atoms with Crippen molar-refractivity contribution in [2.75, 3.05) is 11.9 Å². The Morgan fingerprint density at radius 1 is 1.00 bits per heavy atom. The van der Waals surface area contributed by atoms with Crippen LogP contribution in [-0.4, -0.2) is 12.2 Å². The van der Waals surface area contributed by atoms with Crippen LogP contribution >= 0.6 is 0 Å². The Hall–Kier alpha value is -1.80. The number of hydrogen-bond acceptors (Lipinski definition) is 2. The fraction of sp³-hybridized carbons (Fsp3) is 0.250. The highest BCUT2D eigenvalue weighted by Crippen LogP contribution is 2.42. The summed E-state index contributed by atoms with van der Waals surface area (Å²) in [6, 6.07) is 18.7. The van der Waals surface area contributed by atoms with Crippen LogP contribution in [-0.2, 0) is 0 Å². The highest BCUT2D eigenvalue weighted by molar-refractivity contribution is 5.58. The van der Waals surface area contributed by atoms with E-state index in [0.29, 0.717) is 0 Å². The van der Waals surface area contributed by atoms with Gasteiger partial charge in [-0.3, -0.25) is 0 Å². The van der Waals surface area contributed by atoms with Gasteiger partial charge < -0.3 is 10.0 Å². The van der Waals surface area contributed by atoms with E-state index in [2.05, 4.69) is 42.3 Å². The summed E-state index contributed by atoms with van der Waals surface area (Å²) in [5.74, 6) is 0. The molecular formula is C16H17NO. The maximum Gasteiger partial charge on any atom is 0.0833 e. The van der Waals surface area contributed by atoms with Crippen molar-refractivity contribution < 1.29 is 5.11 Å². The maximum atomic E-state index is 10.3. The molecule has 0 fully saturated rings. The van der Waals surface area contributed by atoms with Crippen molar-refractivity contribution >= 4 is 5.69 Å². The van der Waals surface area contributed by atoms with E-state index in [1.807, 2.05) is 24.3 Å². The first-order valence-corrected chi connectivity index (χ1v) is 6.32. The van der Waals surface area contributed by atoms with Crippen LogP contribution in [0.4, 0.5) is 5.69 Å². The lowest BCUT2D eigenvalue weighted by Gasteiger charge is -2.38. The van der Waals surface area contributed by atoms with Gasteiger partial charge in [0.05, 0.1) is 12.1 Å². The molecule has 0 bridgehead atoms. The van der Waals surface area contributed by atoms with E-state index >= 15 is 0 Å².